The number of carbonyl (C=O) groups excluding carboxylic acids is 1. The molecule has 0 radical (unpaired) electrons. The molecule has 0 aromatic carbocycles. The lowest BCUT2D eigenvalue weighted by atomic mass is 9.93. The van der Waals surface area contributed by atoms with Crippen molar-refractivity contribution in [3.8, 4) is 0 Å². The summed E-state index contributed by atoms with van der Waals surface area (Å²) in [5.41, 5.74) is 5.75. The Labute approximate surface area is 93.4 Å². The zero-order chi connectivity index (χ0) is 12.1. The van der Waals surface area contributed by atoms with E-state index in [-0.39, 0.29) is 11.3 Å². The molecule has 0 aliphatic carbocycles. The summed E-state index contributed by atoms with van der Waals surface area (Å²) in [5, 5.41) is 0. The van der Waals surface area contributed by atoms with Gasteiger partial charge in [-0.25, -0.2) is 0 Å². The smallest absolute Gasteiger partial charge is 0.236 e. The normalized spacial score (nSPS) is 11.9. The number of amides is 1. The summed E-state index contributed by atoms with van der Waals surface area (Å²) in [6.45, 7) is 9.16. The third-order valence-corrected chi connectivity index (χ3v) is 2.51. The Balaban J connectivity index is 4.21. The van der Waals surface area contributed by atoms with Gasteiger partial charge < -0.3 is 10.6 Å². The van der Waals surface area contributed by atoms with Crippen molar-refractivity contribution < 1.29 is 4.79 Å². The molecule has 0 saturated carbocycles. The predicted molar refractivity (Wildman–Crippen MR) is 63.6 cm³/mol. The second-order valence-corrected chi connectivity index (χ2v) is 4.96. The number of nitrogens with zero attached hydrogens (tertiary/aromatic N) is 2. The summed E-state index contributed by atoms with van der Waals surface area (Å²) in [7, 11) is 3.56. The van der Waals surface area contributed by atoms with Crippen LogP contribution in [-0.4, -0.2) is 56.0 Å². The minimum absolute atomic E-state index is 0.0720. The largest absolute Gasteiger partial charge is 0.348 e. The van der Waals surface area contributed by atoms with Crippen molar-refractivity contribution in [3.63, 3.8) is 0 Å². The molecule has 4 heteroatoms. The molecule has 0 unspecified atom stereocenters. The molecule has 0 atom stereocenters. The van der Waals surface area contributed by atoms with Crippen LogP contribution in [0.3, 0.4) is 0 Å². The highest BCUT2D eigenvalue weighted by molar-refractivity contribution is 5.77. The van der Waals surface area contributed by atoms with Gasteiger partial charge in [-0.2, -0.15) is 0 Å². The molecule has 0 heterocycles. The molecule has 15 heavy (non-hydrogen) atoms. The lowest BCUT2D eigenvalue weighted by Crippen LogP contribution is -2.43. The lowest BCUT2D eigenvalue weighted by molar-refractivity contribution is -0.130. The Bertz CT molecular complexity index is 202. The highest BCUT2D eigenvalue weighted by Crippen LogP contribution is 2.14. The summed E-state index contributed by atoms with van der Waals surface area (Å²) >= 11 is 0. The number of nitrogens with two attached hydrogens (primary N) is 1. The highest BCUT2D eigenvalue weighted by atomic mass is 16.2. The standard InChI is InChI=1S/C11H25N3O/c1-6-14(7-10(15)13(4)5)9-11(2,3)8-12/h6-9,12H2,1-5H3. The van der Waals surface area contributed by atoms with E-state index < -0.39 is 0 Å². The summed E-state index contributed by atoms with van der Waals surface area (Å²) in [6.07, 6.45) is 0. The van der Waals surface area contributed by atoms with Gasteiger partial charge in [-0.15, -0.1) is 0 Å². The van der Waals surface area contributed by atoms with Gasteiger partial charge in [0, 0.05) is 20.6 Å². The molecule has 0 aromatic heterocycles. The molecule has 0 aliphatic heterocycles. The Morgan fingerprint density at radius 1 is 1.33 bits per heavy atom. The molecule has 4 nitrogen and oxygen atoms in total. The van der Waals surface area contributed by atoms with Gasteiger partial charge in [-0.05, 0) is 18.5 Å². The van der Waals surface area contributed by atoms with Gasteiger partial charge in [0.1, 0.15) is 0 Å². The van der Waals surface area contributed by atoms with E-state index in [9.17, 15) is 4.79 Å². The van der Waals surface area contributed by atoms with Crippen molar-refractivity contribution in [3.05, 3.63) is 0 Å². The topological polar surface area (TPSA) is 49.6 Å². The average Bonchev–Trinajstić information content (AvgIpc) is 2.16. The second kappa shape index (κ2) is 6.08. The first kappa shape index (κ1) is 14.4. The number of hydrogen-bond donors (Lipinski definition) is 1. The zero-order valence-corrected chi connectivity index (χ0v) is 10.7. The van der Waals surface area contributed by atoms with Gasteiger partial charge in [0.05, 0.1) is 6.54 Å². The molecule has 0 bridgehead atoms. The van der Waals surface area contributed by atoms with Crippen LogP contribution in [0.1, 0.15) is 20.8 Å². The third kappa shape index (κ3) is 5.74. The lowest BCUT2D eigenvalue weighted by Gasteiger charge is -2.31. The molecular formula is C11H25N3O. The maximum Gasteiger partial charge on any atom is 0.236 e. The molecule has 1 amide bonds. The van der Waals surface area contributed by atoms with Gasteiger partial charge in [-0.3, -0.25) is 9.69 Å². The summed E-state index contributed by atoms with van der Waals surface area (Å²) in [6, 6.07) is 0. The van der Waals surface area contributed by atoms with Crippen molar-refractivity contribution in [2.24, 2.45) is 11.1 Å². The molecule has 0 fully saturated rings. The minimum Gasteiger partial charge on any atom is -0.348 e. The quantitative estimate of drug-likeness (QED) is 0.697. The number of carbonyl (C=O) groups is 1. The van der Waals surface area contributed by atoms with E-state index in [1.54, 1.807) is 19.0 Å². The average molecular weight is 215 g/mol. The molecule has 0 aromatic rings. The zero-order valence-electron chi connectivity index (χ0n) is 10.7. The second-order valence-electron chi connectivity index (χ2n) is 4.96. The van der Waals surface area contributed by atoms with Gasteiger partial charge >= 0.3 is 0 Å². The first-order valence-electron chi connectivity index (χ1n) is 5.45. The van der Waals surface area contributed by atoms with E-state index in [0.29, 0.717) is 13.1 Å². The van der Waals surface area contributed by atoms with E-state index in [0.717, 1.165) is 13.1 Å². The van der Waals surface area contributed by atoms with Crippen molar-refractivity contribution >= 4 is 5.91 Å². The minimum atomic E-state index is 0.0720. The Kier molecular flexibility index (Phi) is 5.83. The van der Waals surface area contributed by atoms with Crippen LogP contribution < -0.4 is 5.73 Å². The Morgan fingerprint density at radius 3 is 2.20 bits per heavy atom. The molecule has 0 saturated heterocycles. The first-order chi connectivity index (χ1) is 6.82. The van der Waals surface area contributed by atoms with E-state index in [2.05, 4.69) is 25.7 Å². The SMILES string of the molecule is CCN(CC(=O)N(C)C)CC(C)(C)CN. The van der Waals surface area contributed by atoms with Gasteiger partial charge in [0.25, 0.3) is 0 Å². The third-order valence-electron chi connectivity index (χ3n) is 2.51. The maximum atomic E-state index is 11.5. The Morgan fingerprint density at radius 2 is 1.87 bits per heavy atom. The number of rotatable bonds is 6. The van der Waals surface area contributed by atoms with Crippen molar-refractivity contribution in [1.82, 2.24) is 9.80 Å². The highest BCUT2D eigenvalue weighted by Gasteiger charge is 2.21. The molecule has 0 spiro atoms. The fourth-order valence-corrected chi connectivity index (χ4v) is 1.28. The van der Waals surface area contributed by atoms with Crippen molar-refractivity contribution in [1.29, 1.82) is 0 Å². The summed E-state index contributed by atoms with van der Waals surface area (Å²) < 4.78 is 0. The van der Waals surface area contributed by atoms with Gasteiger partial charge in [0.15, 0.2) is 0 Å². The van der Waals surface area contributed by atoms with Crippen LogP contribution in [0.5, 0.6) is 0 Å². The van der Waals surface area contributed by atoms with Crippen LogP contribution in [0.4, 0.5) is 0 Å². The molecular weight excluding hydrogens is 190 g/mol. The monoisotopic (exact) mass is 215 g/mol. The maximum absolute atomic E-state index is 11.5. The molecule has 0 rings (SSSR count). The van der Waals surface area contributed by atoms with Crippen LogP contribution >= 0.6 is 0 Å². The van der Waals surface area contributed by atoms with Crippen LogP contribution in [0.2, 0.25) is 0 Å². The Hall–Kier alpha value is -0.610. The first-order valence-corrected chi connectivity index (χ1v) is 5.45. The fraction of sp³-hybridized carbons (Fsp3) is 0.909. The van der Waals surface area contributed by atoms with Crippen LogP contribution in [-0.2, 0) is 4.79 Å². The summed E-state index contributed by atoms with van der Waals surface area (Å²) in [5.74, 6) is 0.143. The summed E-state index contributed by atoms with van der Waals surface area (Å²) in [4.78, 5) is 15.3. The van der Waals surface area contributed by atoms with Gasteiger partial charge in [0.2, 0.25) is 5.91 Å². The predicted octanol–water partition coefficient (Wildman–Crippen LogP) is 0.381. The fourth-order valence-electron chi connectivity index (χ4n) is 1.28. The van der Waals surface area contributed by atoms with E-state index in [4.69, 9.17) is 5.73 Å². The van der Waals surface area contributed by atoms with Crippen molar-refractivity contribution in [2.45, 2.75) is 20.8 Å². The van der Waals surface area contributed by atoms with Crippen LogP contribution in [0.25, 0.3) is 0 Å². The van der Waals surface area contributed by atoms with Crippen LogP contribution in [0, 0.1) is 5.41 Å². The molecule has 90 valence electrons. The van der Waals surface area contributed by atoms with Crippen molar-refractivity contribution in [2.75, 3.05) is 40.3 Å². The molecule has 2 N–H and O–H groups in total. The van der Waals surface area contributed by atoms with E-state index in [1.807, 2.05) is 0 Å². The number of likely N-dealkylation sites (N-methyl/N-ethyl adjacent to an activating group) is 2. The van der Waals surface area contributed by atoms with E-state index in [1.165, 1.54) is 0 Å². The van der Waals surface area contributed by atoms with Crippen LogP contribution in [0.15, 0.2) is 0 Å². The number of hydrogen-bond acceptors (Lipinski definition) is 3. The van der Waals surface area contributed by atoms with E-state index >= 15 is 0 Å². The van der Waals surface area contributed by atoms with Gasteiger partial charge in [-0.1, -0.05) is 20.8 Å². The molecule has 0 aliphatic rings.